The Balaban J connectivity index is 2.37. The van der Waals surface area contributed by atoms with Crippen molar-refractivity contribution >= 4 is 5.69 Å². The van der Waals surface area contributed by atoms with E-state index in [1.807, 2.05) is 25.1 Å². The Hall–Kier alpha value is -1.05. The molecule has 1 unspecified atom stereocenters. The van der Waals surface area contributed by atoms with Crippen LogP contribution in [0.25, 0.3) is 0 Å². The molecule has 1 aromatic rings. The van der Waals surface area contributed by atoms with Gasteiger partial charge in [0.15, 0.2) is 0 Å². The third-order valence-electron chi connectivity index (χ3n) is 2.22. The zero-order valence-corrected chi connectivity index (χ0v) is 7.10. The molecule has 1 aliphatic rings. The number of hydrogen-bond acceptors (Lipinski definition) is 1. The van der Waals surface area contributed by atoms with E-state index in [0.717, 1.165) is 11.3 Å². The van der Waals surface area contributed by atoms with Crippen LogP contribution in [0.4, 0.5) is 10.1 Å². The minimum atomic E-state index is -0.723. The number of anilines is 1. The van der Waals surface area contributed by atoms with Gasteiger partial charge in [0.25, 0.3) is 0 Å². The molecule has 1 N–H and O–H groups in total. The van der Waals surface area contributed by atoms with E-state index in [1.54, 1.807) is 0 Å². The standard InChI is InChI=1S/C10H12FN/c1-7-2-3-10-8(4-7)5-9(11)6-12-10/h2-4,9,12H,5-6H2,1H3. The van der Waals surface area contributed by atoms with Crippen molar-refractivity contribution < 1.29 is 4.39 Å². The van der Waals surface area contributed by atoms with Crippen molar-refractivity contribution in [1.82, 2.24) is 0 Å². The lowest BCUT2D eigenvalue weighted by atomic mass is 10.0. The van der Waals surface area contributed by atoms with Crippen LogP contribution in [0.3, 0.4) is 0 Å². The first kappa shape index (κ1) is 7.59. The molecule has 0 fully saturated rings. The highest BCUT2D eigenvalue weighted by atomic mass is 19.1. The smallest absolute Gasteiger partial charge is 0.121 e. The normalized spacial score (nSPS) is 21.3. The van der Waals surface area contributed by atoms with E-state index in [0.29, 0.717) is 13.0 Å². The van der Waals surface area contributed by atoms with Crippen molar-refractivity contribution in [2.75, 3.05) is 11.9 Å². The van der Waals surface area contributed by atoms with E-state index >= 15 is 0 Å². The summed E-state index contributed by atoms with van der Waals surface area (Å²) in [5.74, 6) is 0. The average molecular weight is 165 g/mol. The maximum atomic E-state index is 12.9. The molecule has 0 saturated carbocycles. The topological polar surface area (TPSA) is 12.0 Å². The van der Waals surface area contributed by atoms with Gasteiger partial charge in [0, 0.05) is 18.7 Å². The fourth-order valence-corrected chi connectivity index (χ4v) is 1.60. The van der Waals surface area contributed by atoms with Gasteiger partial charge in [0.1, 0.15) is 6.17 Å². The van der Waals surface area contributed by atoms with Gasteiger partial charge in [-0.1, -0.05) is 17.7 Å². The molecule has 1 heterocycles. The molecule has 12 heavy (non-hydrogen) atoms. The molecule has 0 aliphatic carbocycles. The van der Waals surface area contributed by atoms with Crippen LogP contribution in [0.15, 0.2) is 18.2 Å². The second kappa shape index (κ2) is 2.77. The first-order valence-corrected chi connectivity index (χ1v) is 4.23. The third-order valence-corrected chi connectivity index (χ3v) is 2.22. The second-order valence-electron chi connectivity index (χ2n) is 3.34. The monoisotopic (exact) mass is 165 g/mol. The molecule has 0 bridgehead atoms. The summed E-state index contributed by atoms with van der Waals surface area (Å²) in [5.41, 5.74) is 3.40. The number of halogens is 1. The molecule has 1 aliphatic heterocycles. The van der Waals surface area contributed by atoms with Crippen molar-refractivity contribution in [3.05, 3.63) is 29.3 Å². The summed E-state index contributed by atoms with van der Waals surface area (Å²) in [6.45, 7) is 2.48. The number of rotatable bonds is 0. The first-order chi connectivity index (χ1) is 5.75. The van der Waals surface area contributed by atoms with Crippen molar-refractivity contribution in [3.63, 3.8) is 0 Å². The quantitative estimate of drug-likeness (QED) is 0.622. The van der Waals surface area contributed by atoms with Gasteiger partial charge in [-0.3, -0.25) is 0 Å². The van der Waals surface area contributed by atoms with Gasteiger partial charge in [0.05, 0.1) is 0 Å². The fourth-order valence-electron chi connectivity index (χ4n) is 1.60. The van der Waals surface area contributed by atoms with Crippen LogP contribution in [0.1, 0.15) is 11.1 Å². The Labute approximate surface area is 71.6 Å². The number of hydrogen-bond donors (Lipinski definition) is 1. The Bertz CT molecular complexity index is 296. The predicted molar refractivity (Wildman–Crippen MR) is 48.3 cm³/mol. The number of benzene rings is 1. The van der Waals surface area contributed by atoms with Crippen molar-refractivity contribution in [2.24, 2.45) is 0 Å². The van der Waals surface area contributed by atoms with Crippen molar-refractivity contribution in [3.8, 4) is 0 Å². The van der Waals surface area contributed by atoms with Gasteiger partial charge >= 0.3 is 0 Å². The minimum absolute atomic E-state index is 0.454. The van der Waals surface area contributed by atoms with E-state index in [4.69, 9.17) is 0 Å². The van der Waals surface area contributed by atoms with Gasteiger partial charge in [-0.2, -0.15) is 0 Å². The summed E-state index contributed by atoms with van der Waals surface area (Å²) >= 11 is 0. The van der Waals surface area contributed by atoms with Crippen molar-refractivity contribution in [1.29, 1.82) is 0 Å². The molecule has 64 valence electrons. The fraction of sp³-hybridized carbons (Fsp3) is 0.400. The predicted octanol–water partition coefficient (Wildman–Crippen LogP) is 2.30. The third kappa shape index (κ3) is 1.29. The van der Waals surface area contributed by atoms with E-state index in [2.05, 4.69) is 5.32 Å². The van der Waals surface area contributed by atoms with Gasteiger partial charge < -0.3 is 5.32 Å². The molecule has 1 nitrogen and oxygen atoms in total. The molecule has 2 rings (SSSR count). The molecular weight excluding hydrogens is 153 g/mol. The lowest BCUT2D eigenvalue weighted by Gasteiger charge is -2.21. The number of alkyl halides is 1. The van der Waals surface area contributed by atoms with Crippen LogP contribution in [-0.2, 0) is 6.42 Å². The van der Waals surface area contributed by atoms with Gasteiger partial charge in [-0.15, -0.1) is 0 Å². The van der Waals surface area contributed by atoms with E-state index < -0.39 is 6.17 Å². The van der Waals surface area contributed by atoms with Crippen LogP contribution in [0, 0.1) is 6.92 Å². The Morgan fingerprint density at radius 1 is 1.50 bits per heavy atom. The molecule has 0 saturated heterocycles. The lowest BCUT2D eigenvalue weighted by Crippen LogP contribution is -2.23. The number of aryl methyl sites for hydroxylation is 1. The Kier molecular flexibility index (Phi) is 1.75. The van der Waals surface area contributed by atoms with E-state index in [1.165, 1.54) is 5.56 Å². The van der Waals surface area contributed by atoms with Gasteiger partial charge in [0.2, 0.25) is 0 Å². The minimum Gasteiger partial charge on any atom is -0.382 e. The SMILES string of the molecule is Cc1ccc2c(c1)CC(F)CN2. The van der Waals surface area contributed by atoms with Crippen LogP contribution in [-0.4, -0.2) is 12.7 Å². The number of fused-ring (bicyclic) bond motifs is 1. The summed E-state index contributed by atoms with van der Waals surface area (Å²) in [7, 11) is 0. The van der Waals surface area contributed by atoms with Crippen LogP contribution < -0.4 is 5.32 Å². The average Bonchev–Trinajstić information content (AvgIpc) is 2.03. The van der Waals surface area contributed by atoms with Crippen LogP contribution in [0.2, 0.25) is 0 Å². The molecular formula is C10H12FN. The van der Waals surface area contributed by atoms with Gasteiger partial charge in [-0.25, -0.2) is 4.39 Å². The van der Waals surface area contributed by atoms with E-state index in [9.17, 15) is 4.39 Å². The zero-order chi connectivity index (χ0) is 8.55. The lowest BCUT2D eigenvalue weighted by molar-refractivity contribution is 0.342. The largest absolute Gasteiger partial charge is 0.382 e. The summed E-state index contributed by atoms with van der Waals surface area (Å²) < 4.78 is 12.9. The van der Waals surface area contributed by atoms with Crippen LogP contribution >= 0.6 is 0 Å². The highest BCUT2D eigenvalue weighted by molar-refractivity contribution is 5.54. The second-order valence-corrected chi connectivity index (χ2v) is 3.34. The van der Waals surface area contributed by atoms with Gasteiger partial charge in [-0.05, 0) is 18.6 Å². The summed E-state index contributed by atoms with van der Waals surface area (Å²) in [5, 5.41) is 3.06. The first-order valence-electron chi connectivity index (χ1n) is 4.23. The summed E-state index contributed by atoms with van der Waals surface area (Å²) in [6, 6.07) is 6.12. The molecule has 0 spiro atoms. The molecule has 1 aromatic carbocycles. The molecule has 1 atom stereocenters. The van der Waals surface area contributed by atoms with Crippen molar-refractivity contribution in [2.45, 2.75) is 19.5 Å². The Morgan fingerprint density at radius 2 is 2.33 bits per heavy atom. The van der Waals surface area contributed by atoms with Crippen LogP contribution in [0.5, 0.6) is 0 Å². The molecule has 0 radical (unpaired) electrons. The molecule has 2 heteroatoms. The maximum Gasteiger partial charge on any atom is 0.121 e. The zero-order valence-electron chi connectivity index (χ0n) is 7.10. The summed E-state index contributed by atoms with van der Waals surface area (Å²) in [4.78, 5) is 0. The molecule has 0 aromatic heterocycles. The van der Waals surface area contributed by atoms with E-state index in [-0.39, 0.29) is 0 Å². The maximum absolute atomic E-state index is 12.9. The summed E-state index contributed by atoms with van der Waals surface area (Å²) in [6.07, 6.45) is -0.163. The highest BCUT2D eigenvalue weighted by Gasteiger charge is 2.16. The molecule has 0 amide bonds. The highest BCUT2D eigenvalue weighted by Crippen LogP contribution is 2.23. The number of nitrogens with one attached hydrogen (secondary N) is 1. The Morgan fingerprint density at radius 3 is 3.17 bits per heavy atom.